The summed E-state index contributed by atoms with van der Waals surface area (Å²) in [5, 5.41) is 13.2. The zero-order chi connectivity index (χ0) is 10.7. The second-order valence-corrected chi connectivity index (χ2v) is 4.20. The SMILES string of the molecule is Cc1csc(C=C(C(C)C)[N+](=O)[O-])n1. The maximum Gasteiger partial charge on any atom is 0.251 e. The highest BCUT2D eigenvalue weighted by Crippen LogP contribution is 2.17. The summed E-state index contributed by atoms with van der Waals surface area (Å²) in [4.78, 5) is 14.5. The molecule has 0 spiro atoms. The highest BCUT2D eigenvalue weighted by molar-refractivity contribution is 7.10. The van der Waals surface area contributed by atoms with Crippen molar-refractivity contribution in [2.75, 3.05) is 0 Å². The first-order chi connectivity index (χ1) is 6.50. The van der Waals surface area contributed by atoms with Crippen molar-refractivity contribution in [3.05, 3.63) is 31.9 Å². The van der Waals surface area contributed by atoms with Crippen molar-refractivity contribution in [1.82, 2.24) is 4.98 Å². The minimum absolute atomic E-state index is 0.0887. The van der Waals surface area contributed by atoms with E-state index >= 15 is 0 Å². The maximum atomic E-state index is 10.7. The van der Waals surface area contributed by atoms with Crippen LogP contribution < -0.4 is 0 Å². The van der Waals surface area contributed by atoms with Crippen LogP contribution in [-0.4, -0.2) is 9.91 Å². The Morgan fingerprint density at radius 1 is 1.71 bits per heavy atom. The Labute approximate surface area is 86.4 Å². The van der Waals surface area contributed by atoms with E-state index in [-0.39, 0.29) is 16.5 Å². The van der Waals surface area contributed by atoms with E-state index < -0.39 is 0 Å². The third-order valence-corrected chi connectivity index (χ3v) is 2.62. The fraction of sp³-hybridized carbons (Fsp3) is 0.444. The Morgan fingerprint density at radius 2 is 2.36 bits per heavy atom. The van der Waals surface area contributed by atoms with Crippen molar-refractivity contribution in [3.8, 4) is 0 Å². The molecule has 5 heteroatoms. The molecule has 0 atom stereocenters. The Bertz CT molecular complexity index is 369. The van der Waals surface area contributed by atoms with E-state index in [0.717, 1.165) is 5.69 Å². The molecule has 0 N–H and O–H groups in total. The molecule has 1 aromatic heterocycles. The first-order valence-electron chi connectivity index (χ1n) is 4.29. The van der Waals surface area contributed by atoms with Crippen LogP contribution in [0.25, 0.3) is 6.08 Å². The average molecular weight is 212 g/mol. The van der Waals surface area contributed by atoms with Crippen LogP contribution in [0.5, 0.6) is 0 Å². The minimum Gasteiger partial charge on any atom is -0.259 e. The molecule has 0 unspecified atom stereocenters. The normalized spacial score (nSPS) is 12.1. The predicted octanol–water partition coefficient (Wildman–Crippen LogP) is 2.73. The Kier molecular flexibility index (Phi) is 3.35. The molecular formula is C9H12N2O2S. The Hall–Kier alpha value is -1.23. The quantitative estimate of drug-likeness (QED) is 0.571. The molecule has 0 bridgehead atoms. The highest BCUT2D eigenvalue weighted by Gasteiger charge is 2.16. The zero-order valence-electron chi connectivity index (χ0n) is 8.35. The molecule has 76 valence electrons. The topological polar surface area (TPSA) is 56.0 Å². The lowest BCUT2D eigenvalue weighted by Gasteiger charge is -1.99. The van der Waals surface area contributed by atoms with Crippen LogP contribution in [0.4, 0.5) is 0 Å². The smallest absolute Gasteiger partial charge is 0.251 e. The number of hydrogen-bond acceptors (Lipinski definition) is 4. The molecule has 0 aromatic carbocycles. The standard InChI is InChI=1S/C9H12N2O2S/c1-6(2)8(11(12)13)4-9-10-7(3)5-14-9/h4-6H,1-3H3. The molecule has 0 saturated carbocycles. The average Bonchev–Trinajstić information content (AvgIpc) is 2.46. The monoisotopic (exact) mass is 212 g/mol. The second kappa shape index (κ2) is 4.32. The van der Waals surface area contributed by atoms with E-state index in [1.54, 1.807) is 19.9 Å². The summed E-state index contributed by atoms with van der Waals surface area (Å²) in [6.07, 6.45) is 1.54. The summed E-state index contributed by atoms with van der Waals surface area (Å²) in [6, 6.07) is 0. The van der Waals surface area contributed by atoms with E-state index in [1.807, 2.05) is 12.3 Å². The van der Waals surface area contributed by atoms with E-state index in [4.69, 9.17) is 0 Å². The van der Waals surface area contributed by atoms with Crippen LogP contribution in [0.15, 0.2) is 11.1 Å². The third kappa shape index (κ3) is 2.63. The fourth-order valence-electron chi connectivity index (χ4n) is 0.995. The minimum atomic E-state index is -0.346. The van der Waals surface area contributed by atoms with Crippen molar-refractivity contribution >= 4 is 17.4 Å². The van der Waals surface area contributed by atoms with Gasteiger partial charge in [-0.1, -0.05) is 13.8 Å². The molecule has 0 saturated heterocycles. The van der Waals surface area contributed by atoms with Crippen molar-refractivity contribution in [1.29, 1.82) is 0 Å². The van der Waals surface area contributed by atoms with Gasteiger partial charge in [0.2, 0.25) is 0 Å². The van der Waals surface area contributed by atoms with Crippen LogP contribution in [0, 0.1) is 23.0 Å². The molecule has 1 rings (SSSR count). The maximum absolute atomic E-state index is 10.7. The number of hydrogen-bond donors (Lipinski definition) is 0. The van der Waals surface area contributed by atoms with E-state index in [1.165, 1.54) is 11.3 Å². The number of nitrogens with zero attached hydrogens (tertiary/aromatic N) is 2. The van der Waals surface area contributed by atoms with Crippen molar-refractivity contribution < 1.29 is 4.92 Å². The number of allylic oxidation sites excluding steroid dienone is 1. The van der Waals surface area contributed by atoms with Crippen molar-refractivity contribution in [3.63, 3.8) is 0 Å². The van der Waals surface area contributed by atoms with E-state index in [9.17, 15) is 10.1 Å². The number of aryl methyl sites for hydroxylation is 1. The molecule has 0 aliphatic heterocycles. The van der Waals surface area contributed by atoms with Gasteiger partial charge in [-0.05, 0) is 6.92 Å². The lowest BCUT2D eigenvalue weighted by molar-refractivity contribution is -0.431. The molecule has 0 amide bonds. The third-order valence-electron chi connectivity index (χ3n) is 1.71. The van der Waals surface area contributed by atoms with E-state index in [0.29, 0.717) is 5.01 Å². The van der Waals surface area contributed by atoms with Gasteiger partial charge in [-0.3, -0.25) is 10.1 Å². The Morgan fingerprint density at radius 3 is 2.71 bits per heavy atom. The van der Waals surface area contributed by atoms with Crippen LogP contribution in [0.3, 0.4) is 0 Å². The molecule has 1 aromatic rings. The van der Waals surface area contributed by atoms with Crippen molar-refractivity contribution in [2.45, 2.75) is 20.8 Å². The highest BCUT2D eigenvalue weighted by atomic mass is 32.1. The van der Waals surface area contributed by atoms with Gasteiger partial charge in [-0.25, -0.2) is 4.98 Å². The molecular weight excluding hydrogens is 200 g/mol. The number of nitro groups is 1. The van der Waals surface area contributed by atoms with Gasteiger partial charge in [0.05, 0.1) is 4.92 Å². The number of rotatable bonds is 3. The van der Waals surface area contributed by atoms with Gasteiger partial charge in [-0.15, -0.1) is 11.3 Å². The largest absolute Gasteiger partial charge is 0.259 e. The molecule has 4 nitrogen and oxygen atoms in total. The molecule has 0 aliphatic carbocycles. The number of aromatic nitrogens is 1. The first kappa shape index (κ1) is 10.8. The molecule has 0 aliphatic rings. The summed E-state index contributed by atoms with van der Waals surface area (Å²) < 4.78 is 0. The van der Waals surface area contributed by atoms with Gasteiger partial charge >= 0.3 is 0 Å². The van der Waals surface area contributed by atoms with E-state index in [2.05, 4.69) is 4.98 Å². The summed E-state index contributed by atoms with van der Waals surface area (Å²) in [6.45, 7) is 5.47. The zero-order valence-corrected chi connectivity index (χ0v) is 9.17. The lowest BCUT2D eigenvalue weighted by Crippen LogP contribution is -2.05. The van der Waals surface area contributed by atoms with Crippen molar-refractivity contribution in [2.24, 2.45) is 5.92 Å². The van der Waals surface area contributed by atoms with Crippen LogP contribution in [0.2, 0.25) is 0 Å². The van der Waals surface area contributed by atoms with Crippen LogP contribution >= 0.6 is 11.3 Å². The van der Waals surface area contributed by atoms with Gasteiger partial charge in [0.25, 0.3) is 5.70 Å². The van der Waals surface area contributed by atoms with Gasteiger partial charge < -0.3 is 0 Å². The summed E-state index contributed by atoms with van der Waals surface area (Å²) >= 11 is 1.42. The molecule has 14 heavy (non-hydrogen) atoms. The van der Waals surface area contributed by atoms with Crippen LogP contribution in [0.1, 0.15) is 24.5 Å². The Balaban J connectivity index is 2.99. The number of thiazole rings is 1. The summed E-state index contributed by atoms with van der Waals surface area (Å²) in [5.74, 6) is -0.0887. The summed E-state index contributed by atoms with van der Waals surface area (Å²) in [7, 11) is 0. The molecule has 0 radical (unpaired) electrons. The van der Waals surface area contributed by atoms with Gasteiger partial charge in [0.1, 0.15) is 5.01 Å². The molecule has 1 heterocycles. The first-order valence-corrected chi connectivity index (χ1v) is 5.16. The fourth-order valence-corrected chi connectivity index (χ4v) is 1.72. The second-order valence-electron chi connectivity index (χ2n) is 3.31. The van der Waals surface area contributed by atoms with Gasteiger partial charge in [0.15, 0.2) is 0 Å². The van der Waals surface area contributed by atoms with Gasteiger partial charge in [0, 0.05) is 23.1 Å². The lowest BCUT2D eigenvalue weighted by atomic mass is 10.1. The molecule has 0 fully saturated rings. The van der Waals surface area contributed by atoms with Gasteiger partial charge in [-0.2, -0.15) is 0 Å². The van der Waals surface area contributed by atoms with Crippen LogP contribution in [-0.2, 0) is 0 Å². The predicted molar refractivity (Wildman–Crippen MR) is 56.7 cm³/mol. The summed E-state index contributed by atoms with van der Waals surface area (Å²) in [5.41, 5.74) is 1.10.